The lowest BCUT2D eigenvalue weighted by atomic mass is 10.00. The van der Waals surface area contributed by atoms with Crippen LogP contribution in [0.4, 0.5) is 0 Å². The van der Waals surface area contributed by atoms with Crippen LogP contribution in [0, 0.1) is 0 Å². The Balaban J connectivity index is 2.11. The molecule has 2 aromatic rings. The standard InChI is InChI=1S/C17H22N2O2S/c1-13(18)16-10-4-5-12-19(16)22(20,21)17-11-6-8-14-7-2-3-9-15(14)17/h2-3,6-9,11,13,16H,4-5,10,12,18H2,1H3. The quantitative estimate of drug-likeness (QED) is 0.946. The molecule has 0 aliphatic carbocycles. The molecule has 0 radical (unpaired) electrons. The first-order chi connectivity index (χ1) is 10.5. The van der Waals surface area contributed by atoms with Crippen molar-refractivity contribution in [2.45, 2.75) is 43.2 Å². The molecule has 3 rings (SSSR count). The summed E-state index contributed by atoms with van der Waals surface area (Å²) in [6.45, 7) is 2.44. The van der Waals surface area contributed by atoms with Crippen molar-refractivity contribution >= 4 is 20.8 Å². The Morgan fingerprint density at radius 2 is 1.86 bits per heavy atom. The molecule has 2 unspecified atom stereocenters. The summed E-state index contributed by atoms with van der Waals surface area (Å²) in [5.74, 6) is 0. The lowest BCUT2D eigenvalue weighted by Gasteiger charge is -2.37. The number of fused-ring (bicyclic) bond motifs is 1. The van der Waals surface area contributed by atoms with Crippen LogP contribution in [-0.4, -0.2) is 31.4 Å². The molecule has 2 atom stereocenters. The molecule has 2 aromatic carbocycles. The second kappa shape index (κ2) is 5.99. The van der Waals surface area contributed by atoms with E-state index in [2.05, 4.69) is 0 Å². The van der Waals surface area contributed by atoms with Gasteiger partial charge in [0, 0.05) is 24.0 Å². The third kappa shape index (κ3) is 2.64. The zero-order valence-corrected chi connectivity index (χ0v) is 13.6. The van der Waals surface area contributed by atoms with Crippen LogP contribution in [0.2, 0.25) is 0 Å². The van der Waals surface area contributed by atoms with Gasteiger partial charge in [-0.25, -0.2) is 8.42 Å². The van der Waals surface area contributed by atoms with E-state index in [0.29, 0.717) is 11.4 Å². The molecule has 5 heteroatoms. The second-order valence-electron chi connectivity index (χ2n) is 6.02. The Bertz CT molecular complexity index is 766. The maximum atomic E-state index is 13.2. The average Bonchev–Trinajstić information content (AvgIpc) is 2.54. The van der Waals surface area contributed by atoms with Gasteiger partial charge >= 0.3 is 0 Å². The molecule has 2 N–H and O–H groups in total. The number of benzene rings is 2. The van der Waals surface area contributed by atoms with Crippen LogP contribution in [0.3, 0.4) is 0 Å². The van der Waals surface area contributed by atoms with Crippen molar-refractivity contribution in [3.63, 3.8) is 0 Å². The van der Waals surface area contributed by atoms with E-state index in [0.717, 1.165) is 30.0 Å². The lowest BCUT2D eigenvalue weighted by Crippen LogP contribution is -2.51. The van der Waals surface area contributed by atoms with Gasteiger partial charge in [-0.15, -0.1) is 0 Å². The molecule has 1 aliphatic heterocycles. The SMILES string of the molecule is CC(N)C1CCCCN1S(=O)(=O)c1cccc2ccccc12. The number of nitrogens with two attached hydrogens (primary N) is 1. The first kappa shape index (κ1) is 15.5. The number of hydrogen-bond donors (Lipinski definition) is 1. The summed E-state index contributed by atoms with van der Waals surface area (Å²) in [4.78, 5) is 0.387. The van der Waals surface area contributed by atoms with E-state index in [1.54, 1.807) is 16.4 Å². The molecular weight excluding hydrogens is 296 g/mol. The highest BCUT2D eigenvalue weighted by atomic mass is 32.2. The molecule has 118 valence electrons. The van der Waals surface area contributed by atoms with E-state index in [4.69, 9.17) is 5.73 Å². The molecule has 0 bridgehead atoms. The summed E-state index contributed by atoms with van der Waals surface area (Å²) in [5, 5.41) is 1.72. The van der Waals surface area contributed by atoms with Crippen LogP contribution < -0.4 is 5.73 Å². The molecule has 1 fully saturated rings. The van der Waals surface area contributed by atoms with Crippen LogP contribution in [0.1, 0.15) is 26.2 Å². The molecule has 22 heavy (non-hydrogen) atoms. The number of nitrogens with zero attached hydrogens (tertiary/aromatic N) is 1. The average molecular weight is 318 g/mol. The summed E-state index contributed by atoms with van der Waals surface area (Å²) in [5.41, 5.74) is 6.04. The molecule has 0 spiro atoms. The normalized spacial score (nSPS) is 21.8. The summed E-state index contributed by atoms with van der Waals surface area (Å²) in [6.07, 6.45) is 2.77. The zero-order chi connectivity index (χ0) is 15.7. The molecule has 1 heterocycles. The summed E-state index contributed by atoms with van der Waals surface area (Å²) in [6, 6.07) is 12.8. The smallest absolute Gasteiger partial charge is 0.243 e. The number of hydrogen-bond acceptors (Lipinski definition) is 3. The Morgan fingerprint density at radius 3 is 2.64 bits per heavy atom. The van der Waals surface area contributed by atoms with Crippen LogP contribution >= 0.6 is 0 Å². The minimum Gasteiger partial charge on any atom is -0.326 e. The van der Waals surface area contributed by atoms with Crippen molar-refractivity contribution in [1.29, 1.82) is 0 Å². The van der Waals surface area contributed by atoms with E-state index >= 15 is 0 Å². The van der Waals surface area contributed by atoms with Gasteiger partial charge in [0.2, 0.25) is 10.0 Å². The highest BCUT2D eigenvalue weighted by Gasteiger charge is 2.35. The van der Waals surface area contributed by atoms with Crippen LogP contribution in [-0.2, 0) is 10.0 Å². The molecular formula is C17H22N2O2S. The molecule has 0 aromatic heterocycles. The van der Waals surface area contributed by atoms with Gasteiger partial charge in [-0.2, -0.15) is 4.31 Å². The van der Waals surface area contributed by atoms with Gasteiger partial charge in [0.1, 0.15) is 0 Å². The van der Waals surface area contributed by atoms with Crippen molar-refractivity contribution in [3.05, 3.63) is 42.5 Å². The largest absolute Gasteiger partial charge is 0.326 e. The van der Waals surface area contributed by atoms with Gasteiger partial charge in [-0.3, -0.25) is 0 Å². The summed E-state index contributed by atoms with van der Waals surface area (Å²) >= 11 is 0. The monoisotopic (exact) mass is 318 g/mol. The number of piperidine rings is 1. The van der Waals surface area contributed by atoms with E-state index in [1.165, 1.54) is 0 Å². The van der Waals surface area contributed by atoms with Crippen LogP contribution in [0.15, 0.2) is 47.4 Å². The van der Waals surface area contributed by atoms with Crippen molar-refractivity contribution < 1.29 is 8.42 Å². The molecule has 4 nitrogen and oxygen atoms in total. The van der Waals surface area contributed by atoms with Gasteiger partial charge in [-0.05, 0) is 31.2 Å². The Morgan fingerprint density at radius 1 is 1.14 bits per heavy atom. The first-order valence-electron chi connectivity index (χ1n) is 7.77. The van der Waals surface area contributed by atoms with Gasteiger partial charge in [0.15, 0.2) is 0 Å². The molecule has 1 saturated heterocycles. The van der Waals surface area contributed by atoms with Gasteiger partial charge in [0.25, 0.3) is 0 Å². The predicted octanol–water partition coefficient (Wildman–Crippen LogP) is 2.73. The number of rotatable bonds is 3. The summed E-state index contributed by atoms with van der Waals surface area (Å²) < 4.78 is 28.0. The fourth-order valence-corrected chi connectivity index (χ4v) is 5.29. The van der Waals surface area contributed by atoms with E-state index in [9.17, 15) is 8.42 Å². The maximum Gasteiger partial charge on any atom is 0.243 e. The molecule has 1 aliphatic rings. The minimum absolute atomic E-state index is 0.113. The predicted molar refractivity (Wildman–Crippen MR) is 89.1 cm³/mol. The maximum absolute atomic E-state index is 13.2. The minimum atomic E-state index is -3.53. The fraction of sp³-hybridized carbons (Fsp3) is 0.412. The van der Waals surface area contributed by atoms with Crippen molar-refractivity contribution in [3.8, 4) is 0 Å². The topological polar surface area (TPSA) is 63.4 Å². The fourth-order valence-electron chi connectivity index (χ4n) is 3.30. The third-order valence-corrected chi connectivity index (χ3v) is 6.42. The Hall–Kier alpha value is -1.43. The van der Waals surface area contributed by atoms with Gasteiger partial charge in [-0.1, -0.05) is 42.8 Å². The van der Waals surface area contributed by atoms with E-state index < -0.39 is 10.0 Å². The van der Waals surface area contributed by atoms with Crippen molar-refractivity contribution in [2.75, 3.05) is 6.54 Å². The van der Waals surface area contributed by atoms with E-state index in [1.807, 2.05) is 37.3 Å². The Kier molecular flexibility index (Phi) is 4.21. The Labute approximate surface area is 132 Å². The van der Waals surface area contributed by atoms with Crippen molar-refractivity contribution in [2.24, 2.45) is 5.73 Å². The van der Waals surface area contributed by atoms with Crippen LogP contribution in [0.5, 0.6) is 0 Å². The first-order valence-corrected chi connectivity index (χ1v) is 9.21. The van der Waals surface area contributed by atoms with Crippen molar-refractivity contribution in [1.82, 2.24) is 4.31 Å². The van der Waals surface area contributed by atoms with E-state index in [-0.39, 0.29) is 12.1 Å². The molecule has 0 saturated carbocycles. The van der Waals surface area contributed by atoms with Crippen LogP contribution in [0.25, 0.3) is 10.8 Å². The number of sulfonamides is 1. The molecule has 0 amide bonds. The lowest BCUT2D eigenvalue weighted by molar-refractivity contribution is 0.227. The summed E-state index contributed by atoms with van der Waals surface area (Å²) in [7, 11) is -3.53. The highest BCUT2D eigenvalue weighted by molar-refractivity contribution is 7.89. The zero-order valence-electron chi connectivity index (χ0n) is 12.8. The third-order valence-electron chi connectivity index (χ3n) is 4.44. The van der Waals surface area contributed by atoms with Gasteiger partial charge in [0.05, 0.1) is 4.90 Å². The highest BCUT2D eigenvalue weighted by Crippen LogP contribution is 2.30. The second-order valence-corrected chi connectivity index (χ2v) is 7.87. The van der Waals surface area contributed by atoms with Gasteiger partial charge < -0.3 is 5.73 Å².